The van der Waals surface area contributed by atoms with Gasteiger partial charge in [-0.15, -0.1) is 0 Å². The minimum absolute atomic E-state index is 0.0149. The van der Waals surface area contributed by atoms with E-state index in [1.54, 1.807) is 13.8 Å². The first-order valence-corrected chi connectivity index (χ1v) is 7.56. The molecule has 2 rings (SSSR count). The van der Waals surface area contributed by atoms with Gasteiger partial charge in [0.25, 0.3) is 5.91 Å². The van der Waals surface area contributed by atoms with E-state index < -0.39 is 10.0 Å². The van der Waals surface area contributed by atoms with Crippen molar-refractivity contribution in [2.45, 2.75) is 18.7 Å². The van der Waals surface area contributed by atoms with Crippen LogP contribution in [-0.2, 0) is 10.0 Å². The van der Waals surface area contributed by atoms with Gasteiger partial charge in [-0.1, -0.05) is 0 Å². The van der Waals surface area contributed by atoms with E-state index in [0.29, 0.717) is 22.4 Å². The molecule has 0 saturated heterocycles. The van der Waals surface area contributed by atoms with Gasteiger partial charge in [-0.05, 0) is 43.2 Å². The maximum Gasteiger partial charge on any atom is 0.257 e. The Kier molecular flexibility index (Phi) is 4.01. The molecule has 0 radical (unpaired) electrons. The third kappa shape index (κ3) is 3.41. The summed E-state index contributed by atoms with van der Waals surface area (Å²) < 4.78 is 22.7. The molecule has 7 nitrogen and oxygen atoms in total. The van der Waals surface area contributed by atoms with Crippen LogP contribution >= 0.6 is 0 Å². The van der Waals surface area contributed by atoms with Crippen LogP contribution in [0.5, 0.6) is 0 Å². The van der Waals surface area contributed by atoms with Gasteiger partial charge >= 0.3 is 0 Å². The maximum absolute atomic E-state index is 12.1. The minimum atomic E-state index is -3.78. The normalized spacial score (nSPS) is 11.2. The molecule has 0 aliphatic heterocycles. The number of aromatic nitrogens is 2. The molecule has 0 spiro atoms. The predicted molar refractivity (Wildman–Crippen MR) is 77.3 cm³/mol. The molecule has 0 unspecified atom stereocenters. The molecular formula is C13H14N4O3S. The zero-order valence-corrected chi connectivity index (χ0v) is 12.3. The molecule has 8 heteroatoms. The highest BCUT2D eigenvalue weighted by Gasteiger charge is 2.15. The van der Waals surface area contributed by atoms with Crippen molar-refractivity contribution in [3.63, 3.8) is 0 Å². The summed E-state index contributed by atoms with van der Waals surface area (Å²) in [7, 11) is -3.78. The Balaban J connectivity index is 2.36. The zero-order chi connectivity index (χ0) is 15.6. The van der Waals surface area contributed by atoms with Gasteiger partial charge in [0.1, 0.15) is 0 Å². The topological polar surface area (TPSA) is 115 Å². The molecule has 1 aromatic carbocycles. The molecule has 110 valence electrons. The van der Waals surface area contributed by atoms with Crippen molar-refractivity contribution in [3.05, 3.63) is 47.3 Å². The van der Waals surface area contributed by atoms with E-state index in [-0.39, 0.29) is 10.8 Å². The van der Waals surface area contributed by atoms with Crippen molar-refractivity contribution in [2.75, 3.05) is 5.32 Å². The number of primary sulfonamides is 1. The van der Waals surface area contributed by atoms with Crippen molar-refractivity contribution in [2.24, 2.45) is 5.14 Å². The van der Waals surface area contributed by atoms with E-state index >= 15 is 0 Å². The van der Waals surface area contributed by atoms with Crippen molar-refractivity contribution in [1.29, 1.82) is 0 Å². The molecule has 0 atom stereocenters. The van der Waals surface area contributed by atoms with Crippen molar-refractivity contribution in [1.82, 2.24) is 10.2 Å². The van der Waals surface area contributed by atoms with Gasteiger partial charge < -0.3 is 5.32 Å². The van der Waals surface area contributed by atoms with E-state index in [2.05, 4.69) is 15.5 Å². The van der Waals surface area contributed by atoms with Crippen LogP contribution in [0.4, 0.5) is 5.69 Å². The van der Waals surface area contributed by atoms with E-state index in [4.69, 9.17) is 5.14 Å². The number of aryl methyl sites for hydroxylation is 2. The molecule has 21 heavy (non-hydrogen) atoms. The summed E-state index contributed by atoms with van der Waals surface area (Å²) in [5.74, 6) is -0.348. The van der Waals surface area contributed by atoms with E-state index in [1.165, 1.54) is 30.6 Å². The fourth-order valence-corrected chi connectivity index (χ4v) is 2.58. The van der Waals surface area contributed by atoms with Gasteiger partial charge in [0, 0.05) is 5.69 Å². The lowest BCUT2D eigenvalue weighted by Crippen LogP contribution is -2.16. The molecule has 0 fully saturated rings. The number of carbonyl (C=O) groups is 1. The van der Waals surface area contributed by atoms with Crippen LogP contribution in [0, 0.1) is 13.8 Å². The Morgan fingerprint density at radius 1 is 1.19 bits per heavy atom. The average Bonchev–Trinajstić information content (AvgIpc) is 2.42. The Morgan fingerprint density at radius 2 is 1.81 bits per heavy atom. The molecular weight excluding hydrogens is 292 g/mol. The number of nitrogens with zero attached hydrogens (tertiary/aromatic N) is 2. The van der Waals surface area contributed by atoms with Crippen LogP contribution in [0.2, 0.25) is 0 Å². The van der Waals surface area contributed by atoms with Gasteiger partial charge in [0.2, 0.25) is 10.0 Å². The zero-order valence-electron chi connectivity index (χ0n) is 11.5. The molecule has 1 aromatic heterocycles. The highest BCUT2D eigenvalue weighted by atomic mass is 32.2. The number of hydrogen-bond donors (Lipinski definition) is 2. The number of anilines is 1. The first-order valence-electron chi connectivity index (χ1n) is 6.01. The molecule has 1 heterocycles. The summed E-state index contributed by atoms with van der Waals surface area (Å²) in [6.07, 6.45) is 2.76. The van der Waals surface area contributed by atoms with Crippen LogP contribution in [0.15, 0.2) is 35.5 Å². The van der Waals surface area contributed by atoms with Gasteiger partial charge in [0.15, 0.2) is 0 Å². The minimum Gasteiger partial charge on any atom is -0.321 e. The number of nitrogens with one attached hydrogen (secondary N) is 1. The highest BCUT2D eigenvalue weighted by Crippen LogP contribution is 2.24. The summed E-state index contributed by atoms with van der Waals surface area (Å²) in [6, 6.07) is 4.37. The molecule has 0 aliphatic rings. The Bertz CT molecular complexity index is 765. The second kappa shape index (κ2) is 5.58. The molecule has 0 bridgehead atoms. The summed E-state index contributed by atoms with van der Waals surface area (Å²) in [5, 5.41) is 15.1. The lowest BCUT2D eigenvalue weighted by molar-refractivity contribution is 0.102. The molecule has 0 saturated carbocycles. The summed E-state index contributed by atoms with van der Waals surface area (Å²) in [5.41, 5.74) is 2.12. The number of amides is 1. The Hall–Kier alpha value is -2.32. The largest absolute Gasteiger partial charge is 0.321 e. The summed E-state index contributed by atoms with van der Waals surface area (Å²) in [4.78, 5) is 12.1. The highest BCUT2D eigenvalue weighted by molar-refractivity contribution is 7.89. The van der Waals surface area contributed by atoms with Gasteiger partial charge in [-0.2, -0.15) is 10.2 Å². The van der Waals surface area contributed by atoms with E-state index in [1.807, 2.05) is 0 Å². The number of hydrogen-bond acceptors (Lipinski definition) is 5. The third-order valence-electron chi connectivity index (χ3n) is 2.92. The van der Waals surface area contributed by atoms with E-state index in [0.717, 1.165) is 0 Å². The smallest absolute Gasteiger partial charge is 0.257 e. The monoisotopic (exact) mass is 306 g/mol. The van der Waals surface area contributed by atoms with E-state index in [9.17, 15) is 13.2 Å². The van der Waals surface area contributed by atoms with Crippen molar-refractivity contribution >= 4 is 21.6 Å². The number of rotatable bonds is 3. The maximum atomic E-state index is 12.1. The second-order valence-electron chi connectivity index (χ2n) is 4.56. The Labute approximate surface area is 122 Å². The van der Waals surface area contributed by atoms with Crippen molar-refractivity contribution < 1.29 is 13.2 Å². The molecule has 1 amide bonds. The van der Waals surface area contributed by atoms with Crippen LogP contribution in [0.25, 0.3) is 0 Å². The fraction of sp³-hybridized carbons (Fsp3) is 0.154. The lowest BCUT2D eigenvalue weighted by Gasteiger charge is -2.13. The number of sulfonamides is 1. The van der Waals surface area contributed by atoms with Gasteiger partial charge in [0.05, 0.1) is 22.9 Å². The number of benzene rings is 1. The lowest BCUT2D eigenvalue weighted by atomic mass is 10.1. The molecule has 3 N–H and O–H groups in total. The predicted octanol–water partition coefficient (Wildman–Crippen LogP) is 0.993. The first kappa shape index (κ1) is 15.1. The first-order chi connectivity index (χ1) is 9.79. The standard InChI is InChI=1S/C13H14N4O3S/c1-8-5-11(21(14,19)20)6-9(2)12(8)17-13(18)10-3-4-15-16-7-10/h3-7H,1-2H3,(H,17,18)(H2,14,19,20). The second-order valence-corrected chi connectivity index (χ2v) is 6.12. The molecule has 2 aromatic rings. The number of carbonyl (C=O) groups excluding carboxylic acids is 1. The van der Waals surface area contributed by atoms with Crippen LogP contribution < -0.4 is 10.5 Å². The van der Waals surface area contributed by atoms with Crippen molar-refractivity contribution in [3.8, 4) is 0 Å². The Morgan fingerprint density at radius 3 is 2.29 bits per heavy atom. The van der Waals surface area contributed by atoms with Gasteiger partial charge in [-0.25, -0.2) is 13.6 Å². The number of nitrogens with two attached hydrogens (primary N) is 1. The van der Waals surface area contributed by atoms with Crippen LogP contribution in [0.1, 0.15) is 21.5 Å². The summed E-state index contributed by atoms with van der Waals surface area (Å²) >= 11 is 0. The van der Waals surface area contributed by atoms with Crippen LogP contribution in [0.3, 0.4) is 0 Å². The van der Waals surface area contributed by atoms with Crippen LogP contribution in [-0.4, -0.2) is 24.5 Å². The molecule has 0 aliphatic carbocycles. The SMILES string of the molecule is Cc1cc(S(N)(=O)=O)cc(C)c1NC(=O)c1ccnnc1. The average molecular weight is 306 g/mol. The third-order valence-corrected chi connectivity index (χ3v) is 3.81. The fourth-order valence-electron chi connectivity index (χ4n) is 1.90. The summed E-state index contributed by atoms with van der Waals surface area (Å²) in [6.45, 7) is 3.39. The quantitative estimate of drug-likeness (QED) is 0.877. The van der Waals surface area contributed by atoms with Gasteiger partial charge in [-0.3, -0.25) is 4.79 Å².